The van der Waals surface area contributed by atoms with E-state index in [2.05, 4.69) is 9.82 Å². The fourth-order valence-corrected chi connectivity index (χ4v) is 3.91. The van der Waals surface area contributed by atoms with E-state index in [0.717, 1.165) is 5.56 Å². The lowest BCUT2D eigenvalue weighted by Crippen LogP contribution is -2.17. The van der Waals surface area contributed by atoms with Crippen molar-refractivity contribution in [2.45, 2.75) is 4.90 Å². The Labute approximate surface area is 151 Å². The van der Waals surface area contributed by atoms with E-state index in [-0.39, 0.29) is 4.90 Å². The van der Waals surface area contributed by atoms with E-state index in [0.29, 0.717) is 36.1 Å². The lowest BCUT2D eigenvalue weighted by atomic mass is 10.1. The number of anilines is 1. The molecule has 0 amide bonds. The predicted molar refractivity (Wildman–Crippen MR) is 96.9 cm³/mol. The zero-order chi connectivity index (χ0) is 18.1. The van der Waals surface area contributed by atoms with E-state index >= 15 is 0 Å². The molecule has 26 heavy (non-hydrogen) atoms. The molecule has 0 aliphatic carbocycles. The van der Waals surface area contributed by atoms with E-state index in [4.69, 9.17) is 9.47 Å². The molecule has 0 spiro atoms. The number of aryl methyl sites for hydroxylation is 1. The summed E-state index contributed by atoms with van der Waals surface area (Å²) in [7, 11) is -2.03. The highest BCUT2D eigenvalue weighted by atomic mass is 32.2. The third-order valence-electron chi connectivity index (χ3n) is 4.05. The molecule has 0 bridgehead atoms. The van der Waals surface area contributed by atoms with Crippen LogP contribution >= 0.6 is 0 Å². The maximum absolute atomic E-state index is 12.8. The number of fused-ring (bicyclic) bond motifs is 1. The van der Waals surface area contributed by atoms with Gasteiger partial charge in [0.1, 0.15) is 13.2 Å². The van der Waals surface area contributed by atoms with Crippen molar-refractivity contribution in [3.63, 3.8) is 0 Å². The van der Waals surface area contributed by atoms with Gasteiger partial charge in [0.2, 0.25) is 0 Å². The summed E-state index contributed by atoms with van der Waals surface area (Å²) in [5.74, 6) is 0.968. The zero-order valence-electron chi connectivity index (χ0n) is 14.0. The highest BCUT2D eigenvalue weighted by Crippen LogP contribution is 2.34. The molecule has 7 nitrogen and oxygen atoms in total. The van der Waals surface area contributed by atoms with Gasteiger partial charge in [-0.05, 0) is 12.1 Å². The van der Waals surface area contributed by atoms with Gasteiger partial charge in [-0.15, -0.1) is 0 Å². The predicted octanol–water partition coefficient (Wildman–Crippen LogP) is 2.66. The molecular formula is C18H17N3O4S. The summed E-state index contributed by atoms with van der Waals surface area (Å²) in [6.07, 6.45) is 1.50. The van der Waals surface area contributed by atoms with Gasteiger partial charge in [-0.2, -0.15) is 5.10 Å². The van der Waals surface area contributed by atoms with Crippen LogP contribution in [0, 0.1) is 0 Å². The maximum Gasteiger partial charge on any atom is 0.262 e. The topological polar surface area (TPSA) is 82.5 Å². The number of ether oxygens (including phenoxy) is 2. The number of benzene rings is 2. The van der Waals surface area contributed by atoms with E-state index < -0.39 is 10.0 Å². The van der Waals surface area contributed by atoms with E-state index in [1.165, 1.54) is 18.3 Å². The smallest absolute Gasteiger partial charge is 0.262 e. The summed E-state index contributed by atoms with van der Waals surface area (Å²) in [5, 5.41) is 4.19. The molecule has 1 N–H and O–H groups in total. The Morgan fingerprint density at radius 2 is 1.77 bits per heavy atom. The van der Waals surface area contributed by atoms with E-state index in [9.17, 15) is 8.42 Å². The van der Waals surface area contributed by atoms with Crippen LogP contribution in [0.5, 0.6) is 11.5 Å². The van der Waals surface area contributed by atoms with Crippen molar-refractivity contribution < 1.29 is 17.9 Å². The molecule has 0 saturated carbocycles. The van der Waals surface area contributed by atoms with Crippen LogP contribution in [0.25, 0.3) is 11.3 Å². The molecule has 1 aliphatic rings. The van der Waals surface area contributed by atoms with Gasteiger partial charge in [-0.1, -0.05) is 30.3 Å². The fraction of sp³-hybridized carbons (Fsp3) is 0.167. The highest BCUT2D eigenvalue weighted by Gasteiger charge is 2.22. The maximum atomic E-state index is 12.8. The largest absolute Gasteiger partial charge is 0.486 e. The Morgan fingerprint density at radius 3 is 2.54 bits per heavy atom. The van der Waals surface area contributed by atoms with Gasteiger partial charge in [0.15, 0.2) is 11.5 Å². The fourth-order valence-electron chi connectivity index (χ4n) is 2.85. The van der Waals surface area contributed by atoms with Crippen molar-refractivity contribution in [3.8, 4) is 22.8 Å². The van der Waals surface area contributed by atoms with Gasteiger partial charge in [-0.25, -0.2) is 8.42 Å². The van der Waals surface area contributed by atoms with Crippen molar-refractivity contribution in [1.82, 2.24) is 9.78 Å². The average molecular weight is 371 g/mol. The quantitative estimate of drug-likeness (QED) is 0.762. The average Bonchev–Trinajstić information content (AvgIpc) is 3.01. The first-order valence-electron chi connectivity index (χ1n) is 8.04. The standard InChI is InChI=1S/C18H17N3O4S/c1-21-18(13-5-3-2-4-6-13)15(12-19-21)20-26(22,23)14-7-8-16-17(11-14)25-10-9-24-16/h2-8,11-12,20H,9-10H2,1H3. The minimum absolute atomic E-state index is 0.101. The molecule has 0 fully saturated rings. The molecule has 2 heterocycles. The minimum atomic E-state index is -3.80. The van der Waals surface area contributed by atoms with Crippen molar-refractivity contribution >= 4 is 15.7 Å². The van der Waals surface area contributed by atoms with Crippen molar-refractivity contribution in [1.29, 1.82) is 0 Å². The van der Waals surface area contributed by atoms with E-state index in [1.807, 2.05) is 30.3 Å². The van der Waals surface area contributed by atoms with Gasteiger partial charge in [0.25, 0.3) is 10.0 Å². The van der Waals surface area contributed by atoms with Crippen LogP contribution in [0.2, 0.25) is 0 Å². The third kappa shape index (κ3) is 2.99. The minimum Gasteiger partial charge on any atom is -0.486 e. The van der Waals surface area contributed by atoms with Gasteiger partial charge in [0.05, 0.1) is 22.5 Å². The van der Waals surface area contributed by atoms with Gasteiger partial charge in [-0.3, -0.25) is 9.40 Å². The molecule has 0 saturated heterocycles. The normalized spacial score (nSPS) is 13.4. The molecule has 0 unspecified atom stereocenters. The third-order valence-corrected chi connectivity index (χ3v) is 5.42. The van der Waals surface area contributed by atoms with Crippen LogP contribution < -0.4 is 14.2 Å². The van der Waals surface area contributed by atoms with Crippen LogP contribution in [0.1, 0.15) is 0 Å². The number of hydrogen-bond acceptors (Lipinski definition) is 5. The summed E-state index contributed by atoms with van der Waals surface area (Å²) in [6.45, 7) is 0.845. The monoisotopic (exact) mass is 371 g/mol. The number of hydrogen-bond donors (Lipinski definition) is 1. The molecule has 1 aromatic heterocycles. The first kappa shape index (κ1) is 16.5. The molecule has 3 aromatic rings. The van der Waals surface area contributed by atoms with Crippen LogP contribution in [-0.2, 0) is 17.1 Å². The lowest BCUT2D eigenvalue weighted by molar-refractivity contribution is 0.171. The second kappa shape index (κ2) is 6.38. The van der Waals surface area contributed by atoms with E-state index in [1.54, 1.807) is 17.8 Å². The molecule has 8 heteroatoms. The summed E-state index contributed by atoms with van der Waals surface area (Å²) < 4.78 is 40.8. The Kier molecular flexibility index (Phi) is 4.04. The summed E-state index contributed by atoms with van der Waals surface area (Å²) in [4.78, 5) is 0.101. The second-order valence-corrected chi connectivity index (χ2v) is 7.49. The van der Waals surface area contributed by atoms with Crippen LogP contribution in [0.4, 0.5) is 5.69 Å². The molecular weight excluding hydrogens is 354 g/mol. The molecule has 0 atom stereocenters. The first-order chi connectivity index (χ1) is 12.5. The Hall–Kier alpha value is -3.00. The van der Waals surface area contributed by atoms with Crippen molar-refractivity contribution in [3.05, 3.63) is 54.7 Å². The zero-order valence-corrected chi connectivity index (χ0v) is 14.9. The van der Waals surface area contributed by atoms with Crippen molar-refractivity contribution in [2.24, 2.45) is 7.05 Å². The highest BCUT2D eigenvalue weighted by molar-refractivity contribution is 7.92. The first-order valence-corrected chi connectivity index (χ1v) is 9.53. The summed E-state index contributed by atoms with van der Waals surface area (Å²) in [5.41, 5.74) is 1.97. The molecule has 4 rings (SSSR count). The van der Waals surface area contributed by atoms with Gasteiger partial charge < -0.3 is 9.47 Å². The molecule has 0 radical (unpaired) electrons. The van der Waals surface area contributed by atoms with Crippen molar-refractivity contribution in [2.75, 3.05) is 17.9 Å². The van der Waals surface area contributed by atoms with Gasteiger partial charge in [0, 0.05) is 18.7 Å². The number of rotatable bonds is 4. The van der Waals surface area contributed by atoms with Crippen LogP contribution in [0.3, 0.4) is 0 Å². The second-order valence-electron chi connectivity index (χ2n) is 5.81. The SMILES string of the molecule is Cn1ncc(NS(=O)(=O)c2ccc3c(c2)OCCO3)c1-c1ccccc1. The van der Waals surface area contributed by atoms with Gasteiger partial charge >= 0.3 is 0 Å². The number of nitrogens with zero attached hydrogens (tertiary/aromatic N) is 2. The Bertz CT molecular complexity index is 1050. The molecule has 2 aromatic carbocycles. The Balaban J connectivity index is 1.69. The lowest BCUT2D eigenvalue weighted by Gasteiger charge is -2.19. The summed E-state index contributed by atoms with van der Waals surface area (Å²) >= 11 is 0. The number of nitrogens with one attached hydrogen (secondary N) is 1. The summed E-state index contributed by atoms with van der Waals surface area (Å²) in [6, 6.07) is 14.0. The van der Waals surface area contributed by atoms with Crippen LogP contribution in [0.15, 0.2) is 59.6 Å². The number of aromatic nitrogens is 2. The molecule has 1 aliphatic heterocycles. The number of sulfonamides is 1. The van der Waals surface area contributed by atoms with Crippen LogP contribution in [-0.4, -0.2) is 31.4 Å². The Morgan fingerprint density at radius 1 is 1.04 bits per heavy atom. The molecule has 134 valence electrons.